The molecule has 3 saturated carbocycles. The Hall–Kier alpha value is -1.24. The van der Waals surface area contributed by atoms with Crippen LogP contribution in [0.5, 0.6) is 0 Å². The van der Waals surface area contributed by atoms with E-state index < -0.39 is 0 Å². The SMILES string of the molecule is O=C(CSc1nnc(N2CCCC2)n1C1CC1)N(C1CCCCC1)C1CCCCC1. The second kappa shape index (κ2) is 9.49. The second-order valence-corrected chi connectivity index (χ2v) is 10.7. The van der Waals surface area contributed by atoms with Gasteiger partial charge in [0.15, 0.2) is 5.16 Å². The molecule has 6 nitrogen and oxygen atoms in total. The molecule has 4 aliphatic rings. The van der Waals surface area contributed by atoms with Crippen molar-refractivity contribution in [2.45, 2.75) is 113 Å². The zero-order valence-corrected chi connectivity index (χ0v) is 19.1. The molecule has 7 heteroatoms. The van der Waals surface area contributed by atoms with Crippen molar-refractivity contribution in [3.05, 3.63) is 0 Å². The lowest BCUT2D eigenvalue weighted by atomic mass is 9.88. The minimum atomic E-state index is 0.340. The standard InChI is InChI=1S/C23H37N5OS/c29-21(27(18-9-3-1-4-10-18)19-11-5-2-6-12-19)17-30-23-25-24-22(26-15-7-8-16-26)28(23)20-13-14-20/h18-20H,1-17H2. The molecule has 0 aromatic carbocycles. The summed E-state index contributed by atoms with van der Waals surface area (Å²) < 4.78 is 2.34. The van der Waals surface area contributed by atoms with Crippen LogP contribution in [-0.4, -0.2) is 56.5 Å². The van der Waals surface area contributed by atoms with Gasteiger partial charge in [-0.1, -0.05) is 50.3 Å². The molecule has 1 aromatic rings. The third-order valence-electron chi connectivity index (χ3n) is 7.50. The first-order chi connectivity index (χ1) is 14.8. The third kappa shape index (κ3) is 4.51. The van der Waals surface area contributed by atoms with Crippen molar-refractivity contribution < 1.29 is 4.79 Å². The molecule has 1 aliphatic heterocycles. The van der Waals surface area contributed by atoms with E-state index in [1.54, 1.807) is 11.8 Å². The van der Waals surface area contributed by atoms with Gasteiger partial charge in [0, 0.05) is 31.2 Å². The monoisotopic (exact) mass is 431 g/mol. The quantitative estimate of drug-likeness (QED) is 0.581. The van der Waals surface area contributed by atoms with Crippen LogP contribution in [0.2, 0.25) is 0 Å². The molecule has 0 radical (unpaired) electrons. The predicted molar refractivity (Wildman–Crippen MR) is 121 cm³/mol. The number of nitrogens with zero attached hydrogens (tertiary/aromatic N) is 5. The highest BCUT2D eigenvalue weighted by Gasteiger charge is 2.35. The lowest BCUT2D eigenvalue weighted by Gasteiger charge is -2.41. The fourth-order valence-electron chi connectivity index (χ4n) is 5.78. The molecule has 166 valence electrons. The first kappa shape index (κ1) is 20.7. The topological polar surface area (TPSA) is 54.3 Å². The maximum Gasteiger partial charge on any atom is 0.233 e. The zero-order valence-electron chi connectivity index (χ0n) is 18.3. The van der Waals surface area contributed by atoms with Crippen LogP contribution in [0, 0.1) is 0 Å². The zero-order chi connectivity index (χ0) is 20.3. The van der Waals surface area contributed by atoms with E-state index in [2.05, 4.69) is 24.6 Å². The van der Waals surface area contributed by atoms with Gasteiger partial charge in [-0.2, -0.15) is 0 Å². The van der Waals surface area contributed by atoms with Crippen LogP contribution in [0.1, 0.15) is 95.9 Å². The first-order valence-corrected chi connectivity index (χ1v) is 13.4. The fraction of sp³-hybridized carbons (Fsp3) is 0.870. The molecule has 5 rings (SSSR count). The van der Waals surface area contributed by atoms with Crippen molar-refractivity contribution in [2.75, 3.05) is 23.7 Å². The van der Waals surface area contributed by atoms with Crippen LogP contribution >= 0.6 is 11.8 Å². The molecule has 2 heterocycles. The molecule has 1 saturated heterocycles. The number of carbonyl (C=O) groups is 1. The summed E-state index contributed by atoms with van der Waals surface area (Å²) in [7, 11) is 0. The summed E-state index contributed by atoms with van der Waals surface area (Å²) >= 11 is 1.63. The Morgan fingerprint density at radius 3 is 2.00 bits per heavy atom. The molecule has 30 heavy (non-hydrogen) atoms. The van der Waals surface area contributed by atoms with Gasteiger partial charge in [0.2, 0.25) is 11.9 Å². The molecule has 3 aliphatic carbocycles. The van der Waals surface area contributed by atoms with E-state index >= 15 is 0 Å². The van der Waals surface area contributed by atoms with Gasteiger partial charge in [0.25, 0.3) is 0 Å². The Balaban J connectivity index is 1.28. The number of hydrogen-bond acceptors (Lipinski definition) is 5. The molecule has 1 aromatic heterocycles. The summed E-state index contributed by atoms with van der Waals surface area (Å²) in [6.07, 6.45) is 17.5. The fourth-order valence-corrected chi connectivity index (χ4v) is 6.65. The van der Waals surface area contributed by atoms with E-state index in [-0.39, 0.29) is 0 Å². The average Bonchev–Trinajstić information content (AvgIpc) is 3.31. The number of amides is 1. The van der Waals surface area contributed by atoms with Crippen LogP contribution < -0.4 is 4.90 Å². The number of anilines is 1. The summed E-state index contributed by atoms with van der Waals surface area (Å²) in [5.41, 5.74) is 0. The van der Waals surface area contributed by atoms with Crippen molar-refractivity contribution in [3.63, 3.8) is 0 Å². The van der Waals surface area contributed by atoms with Gasteiger partial charge in [0.1, 0.15) is 0 Å². The van der Waals surface area contributed by atoms with E-state index in [9.17, 15) is 4.79 Å². The van der Waals surface area contributed by atoms with Gasteiger partial charge in [-0.25, -0.2) is 0 Å². The predicted octanol–water partition coefficient (Wildman–Crippen LogP) is 4.80. The van der Waals surface area contributed by atoms with E-state index in [0.29, 0.717) is 29.8 Å². The van der Waals surface area contributed by atoms with Gasteiger partial charge in [0.05, 0.1) is 5.75 Å². The second-order valence-electron chi connectivity index (χ2n) is 9.75. The van der Waals surface area contributed by atoms with Gasteiger partial charge >= 0.3 is 0 Å². The summed E-state index contributed by atoms with van der Waals surface area (Å²) in [6.45, 7) is 2.18. The van der Waals surface area contributed by atoms with E-state index in [1.165, 1.54) is 89.9 Å². The van der Waals surface area contributed by atoms with Gasteiger partial charge in [-0.05, 0) is 51.4 Å². The summed E-state index contributed by atoms with van der Waals surface area (Å²) in [5, 5.41) is 10.1. The smallest absolute Gasteiger partial charge is 0.233 e. The van der Waals surface area contributed by atoms with Crippen molar-refractivity contribution in [1.82, 2.24) is 19.7 Å². The third-order valence-corrected chi connectivity index (χ3v) is 8.42. The molecule has 4 fully saturated rings. The Morgan fingerprint density at radius 1 is 0.833 bits per heavy atom. The number of thioether (sulfide) groups is 1. The summed E-state index contributed by atoms with van der Waals surface area (Å²) in [4.78, 5) is 18.2. The lowest BCUT2D eigenvalue weighted by Crippen LogP contribution is -2.49. The molecule has 0 unspecified atom stereocenters. The molecular formula is C23H37N5OS. The number of hydrogen-bond donors (Lipinski definition) is 0. The molecule has 0 atom stereocenters. The Bertz CT molecular complexity index is 697. The van der Waals surface area contributed by atoms with Gasteiger partial charge < -0.3 is 9.80 Å². The Kier molecular flexibility index (Phi) is 6.53. The lowest BCUT2D eigenvalue weighted by molar-refractivity contribution is -0.135. The van der Waals surface area contributed by atoms with Gasteiger partial charge in [-0.3, -0.25) is 9.36 Å². The maximum absolute atomic E-state index is 13.5. The molecule has 1 amide bonds. The highest BCUT2D eigenvalue weighted by Crippen LogP contribution is 2.41. The van der Waals surface area contributed by atoms with E-state index in [1.807, 2.05) is 0 Å². The Labute approximate surface area is 185 Å². The Morgan fingerprint density at radius 2 is 1.43 bits per heavy atom. The molecule has 0 N–H and O–H groups in total. The van der Waals surface area contributed by atoms with Crippen molar-refractivity contribution in [3.8, 4) is 0 Å². The summed E-state index contributed by atoms with van der Waals surface area (Å²) in [5.74, 6) is 1.89. The number of rotatable bonds is 7. The van der Waals surface area contributed by atoms with Crippen LogP contribution in [0.3, 0.4) is 0 Å². The van der Waals surface area contributed by atoms with Crippen LogP contribution in [0.4, 0.5) is 5.95 Å². The van der Waals surface area contributed by atoms with Crippen molar-refractivity contribution >= 4 is 23.6 Å². The van der Waals surface area contributed by atoms with E-state index in [4.69, 9.17) is 0 Å². The van der Waals surface area contributed by atoms with Crippen LogP contribution in [-0.2, 0) is 4.79 Å². The van der Waals surface area contributed by atoms with Crippen molar-refractivity contribution in [2.24, 2.45) is 0 Å². The van der Waals surface area contributed by atoms with Gasteiger partial charge in [-0.15, -0.1) is 10.2 Å². The largest absolute Gasteiger partial charge is 0.341 e. The molecule has 0 bridgehead atoms. The number of aromatic nitrogens is 3. The van der Waals surface area contributed by atoms with Crippen LogP contribution in [0.15, 0.2) is 5.16 Å². The summed E-state index contributed by atoms with van der Waals surface area (Å²) in [6, 6.07) is 1.48. The molecular weight excluding hydrogens is 394 g/mol. The minimum Gasteiger partial charge on any atom is -0.341 e. The highest BCUT2D eigenvalue weighted by atomic mass is 32.2. The average molecular weight is 432 g/mol. The first-order valence-electron chi connectivity index (χ1n) is 12.4. The van der Waals surface area contributed by atoms with E-state index in [0.717, 1.165) is 24.2 Å². The van der Waals surface area contributed by atoms with Crippen molar-refractivity contribution in [1.29, 1.82) is 0 Å². The molecule has 0 spiro atoms. The minimum absolute atomic E-state index is 0.340. The number of carbonyl (C=O) groups excluding carboxylic acids is 1. The normalized spacial score (nSPS) is 23.8. The maximum atomic E-state index is 13.5. The highest BCUT2D eigenvalue weighted by molar-refractivity contribution is 7.99. The van der Waals surface area contributed by atoms with Crippen LogP contribution in [0.25, 0.3) is 0 Å².